The molecular formula is C14H21NO2. The van der Waals surface area contributed by atoms with E-state index >= 15 is 0 Å². The summed E-state index contributed by atoms with van der Waals surface area (Å²) in [5.41, 5.74) is 7.36. The number of hydrogen-bond acceptors (Lipinski definition) is 2. The van der Waals surface area contributed by atoms with E-state index < -0.39 is 17.4 Å². The van der Waals surface area contributed by atoms with E-state index in [-0.39, 0.29) is 0 Å². The molecular weight excluding hydrogens is 214 g/mol. The lowest BCUT2D eigenvalue weighted by molar-refractivity contribution is -0.140. The Balaban J connectivity index is 3.03. The maximum absolute atomic E-state index is 11.0. The third-order valence-corrected chi connectivity index (χ3v) is 3.36. The molecule has 3 N–H and O–H groups in total. The van der Waals surface area contributed by atoms with E-state index in [2.05, 4.69) is 13.8 Å². The van der Waals surface area contributed by atoms with E-state index in [0.29, 0.717) is 5.92 Å². The number of aliphatic carboxylic acids is 1. The molecule has 0 bridgehead atoms. The van der Waals surface area contributed by atoms with Gasteiger partial charge in [0.25, 0.3) is 0 Å². The summed E-state index contributed by atoms with van der Waals surface area (Å²) in [5.74, 6) is -0.497. The van der Waals surface area contributed by atoms with Gasteiger partial charge in [-0.25, -0.2) is 0 Å². The summed E-state index contributed by atoms with van der Waals surface area (Å²) >= 11 is 0. The predicted molar refractivity (Wildman–Crippen MR) is 69.2 cm³/mol. The van der Waals surface area contributed by atoms with Gasteiger partial charge in [0.15, 0.2) is 0 Å². The quantitative estimate of drug-likeness (QED) is 0.842. The maximum atomic E-state index is 11.0. The van der Waals surface area contributed by atoms with Crippen molar-refractivity contribution in [3.63, 3.8) is 0 Å². The molecule has 0 saturated carbocycles. The number of nitrogens with two attached hydrogens (primary N) is 1. The van der Waals surface area contributed by atoms with Crippen LogP contribution in [0.5, 0.6) is 0 Å². The third kappa shape index (κ3) is 2.86. The molecule has 3 nitrogen and oxygen atoms in total. The zero-order chi connectivity index (χ0) is 13.2. The number of benzene rings is 1. The molecule has 0 aliphatic heterocycles. The van der Waals surface area contributed by atoms with Gasteiger partial charge in [0.2, 0.25) is 0 Å². The normalized spacial score (nSPS) is 13.8. The summed E-state index contributed by atoms with van der Waals surface area (Å²) in [5, 5.41) is 9.00. The number of hydrogen-bond donors (Lipinski definition) is 2. The minimum Gasteiger partial charge on any atom is -0.480 e. The highest BCUT2D eigenvalue weighted by molar-refractivity contribution is 5.75. The molecule has 0 amide bonds. The van der Waals surface area contributed by atoms with Crippen molar-refractivity contribution >= 4 is 5.97 Å². The van der Waals surface area contributed by atoms with Crippen molar-refractivity contribution in [2.45, 2.75) is 45.1 Å². The Hall–Kier alpha value is -1.35. The first-order valence-electron chi connectivity index (χ1n) is 5.85. The summed E-state index contributed by atoms with van der Waals surface area (Å²) in [4.78, 5) is 11.0. The van der Waals surface area contributed by atoms with Crippen molar-refractivity contribution in [3.05, 3.63) is 35.4 Å². The van der Waals surface area contributed by atoms with Gasteiger partial charge in [0, 0.05) is 5.41 Å². The van der Waals surface area contributed by atoms with Crippen LogP contribution in [0.25, 0.3) is 0 Å². The molecule has 0 saturated heterocycles. The van der Waals surface area contributed by atoms with Crippen LogP contribution in [-0.4, -0.2) is 17.1 Å². The van der Waals surface area contributed by atoms with Crippen LogP contribution < -0.4 is 5.73 Å². The molecule has 1 rings (SSSR count). The smallest absolute Gasteiger partial charge is 0.321 e. The van der Waals surface area contributed by atoms with Gasteiger partial charge in [-0.1, -0.05) is 52.0 Å². The summed E-state index contributed by atoms with van der Waals surface area (Å²) in [6.07, 6.45) is 0. The zero-order valence-electron chi connectivity index (χ0n) is 10.9. The summed E-state index contributed by atoms with van der Waals surface area (Å²) < 4.78 is 0. The lowest BCUT2D eigenvalue weighted by Crippen LogP contribution is -2.46. The second kappa shape index (κ2) is 4.88. The second-order valence-corrected chi connectivity index (χ2v) is 5.31. The van der Waals surface area contributed by atoms with Gasteiger partial charge in [-0.3, -0.25) is 4.79 Å². The third-order valence-electron chi connectivity index (χ3n) is 3.36. The van der Waals surface area contributed by atoms with E-state index in [1.165, 1.54) is 5.56 Å². The largest absolute Gasteiger partial charge is 0.480 e. The van der Waals surface area contributed by atoms with Crippen molar-refractivity contribution in [3.8, 4) is 0 Å². The van der Waals surface area contributed by atoms with E-state index in [0.717, 1.165) is 5.56 Å². The first kappa shape index (κ1) is 13.7. The lowest BCUT2D eigenvalue weighted by atomic mass is 9.77. The molecule has 0 aliphatic rings. The van der Waals surface area contributed by atoms with E-state index in [1.54, 1.807) is 0 Å². The molecule has 1 unspecified atom stereocenters. The number of carboxylic acids is 1. The Morgan fingerprint density at radius 3 is 2.06 bits per heavy atom. The van der Waals surface area contributed by atoms with Crippen LogP contribution in [-0.2, 0) is 10.2 Å². The molecule has 0 spiro atoms. The second-order valence-electron chi connectivity index (χ2n) is 5.31. The average Bonchev–Trinajstić information content (AvgIpc) is 2.27. The Bertz CT molecular complexity index is 393. The standard InChI is InChI=1S/C14H21NO2/c1-9(2)10-5-7-11(8-6-10)14(3,4)12(15)13(16)17/h5-9,12H,15H2,1-4H3,(H,16,17). The first-order valence-corrected chi connectivity index (χ1v) is 5.85. The van der Waals surface area contributed by atoms with Crippen LogP contribution in [0.15, 0.2) is 24.3 Å². The molecule has 17 heavy (non-hydrogen) atoms. The van der Waals surface area contributed by atoms with E-state index in [9.17, 15) is 4.79 Å². The maximum Gasteiger partial charge on any atom is 0.321 e. The van der Waals surface area contributed by atoms with Crippen LogP contribution in [0.3, 0.4) is 0 Å². The average molecular weight is 235 g/mol. The Morgan fingerprint density at radius 2 is 1.71 bits per heavy atom. The van der Waals surface area contributed by atoms with Crippen molar-refractivity contribution in [1.29, 1.82) is 0 Å². The molecule has 0 heterocycles. The minimum absolute atomic E-state index is 0.473. The Morgan fingerprint density at radius 1 is 1.24 bits per heavy atom. The van der Waals surface area contributed by atoms with E-state index in [1.807, 2.05) is 38.1 Å². The van der Waals surface area contributed by atoms with Crippen molar-refractivity contribution in [2.24, 2.45) is 5.73 Å². The molecule has 1 aromatic rings. The molecule has 3 heteroatoms. The molecule has 0 radical (unpaired) electrons. The molecule has 1 atom stereocenters. The fourth-order valence-electron chi connectivity index (χ4n) is 1.79. The van der Waals surface area contributed by atoms with Crippen LogP contribution in [0.2, 0.25) is 0 Å². The highest BCUT2D eigenvalue weighted by Crippen LogP contribution is 2.27. The summed E-state index contributed by atoms with van der Waals surface area (Å²) in [6.45, 7) is 7.97. The van der Waals surface area contributed by atoms with Crippen LogP contribution in [0.4, 0.5) is 0 Å². The predicted octanol–water partition coefficient (Wildman–Crippen LogP) is 2.50. The fraction of sp³-hybridized carbons (Fsp3) is 0.500. The molecule has 0 aromatic heterocycles. The minimum atomic E-state index is -0.970. The molecule has 0 aliphatic carbocycles. The highest BCUT2D eigenvalue weighted by Gasteiger charge is 2.33. The van der Waals surface area contributed by atoms with Crippen LogP contribution in [0.1, 0.15) is 44.7 Å². The van der Waals surface area contributed by atoms with Crippen LogP contribution in [0, 0.1) is 0 Å². The van der Waals surface area contributed by atoms with Crippen molar-refractivity contribution < 1.29 is 9.90 Å². The van der Waals surface area contributed by atoms with Gasteiger partial charge in [-0.2, -0.15) is 0 Å². The number of rotatable bonds is 4. The monoisotopic (exact) mass is 235 g/mol. The fourth-order valence-corrected chi connectivity index (χ4v) is 1.79. The molecule has 94 valence electrons. The number of carboxylic acid groups (broad SMARTS) is 1. The summed E-state index contributed by atoms with van der Waals surface area (Å²) in [7, 11) is 0. The first-order chi connectivity index (χ1) is 7.76. The van der Waals surface area contributed by atoms with Gasteiger partial charge in [0.1, 0.15) is 6.04 Å². The van der Waals surface area contributed by atoms with Gasteiger partial charge in [0.05, 0.1) is 0 Å². The van der Waals surface area contributed by atoms with Gasteiger partial charge in [-0.05, 0) is 17.0 Å². The van der Waals surface area contributed by atoms with Crippen molar-refractivity contribution in [2.75, 3.05) is 0 Å². The van der Waals surface area contributed by atoms with Gasteiger partial charge < -0.3 is 10.8 Å². The SMILES string of the molecule is CC(C)c1ccc(C(C)(C)C(N)C(=O)O)cc1. The van der Waals surface area contributed by atoms with Crippen molar-refractivity contribution in [1.82, 2.24) is 0 Å². The number of carbonyl (C=O) groups is 1. The zero-order valence-corrected chi connectivity index (χ0v) is 10.9. The Kier molecular flexibility index (Phi) is 3.94. The van der Waals surface area contributed by atoms with E-state index in [4.69, 9.17) is 10.8 Å². The topological polar surface area (TPSA) is 63.3 Å². The highest BCUT2D eigenvalue weighted by atomic mass is 16.4. The van der Waals surface area contributed by atoms with Gasteiger partial charge in [-0.15, -0.1) is 0 Å². The lowest BCUT2D eigenvalue weighted by Gasteiger charge is -2.29. The Labute approximate surface area is 103 Å². The molecule has 1 aromatic carbocycles. The van der Waals surface area contributed by atoms with Crippen LogP contribution >= 0.6 is 0 Å². The summed E-state index contributed by atoms with van der Waals surface area (Å²) in [6, 6.07) is 7.12. The molecule has 0 fully saturated rings. The van der Waals surface area contributed by atoms with Gasteiger partial charge >= 0.3 is 5.97 Å².